The van der Waals surface area contributed by atoms with Gasteiger partial charge in [-0.05, 0) is 49.6 Å². The molecule has 0 saturated heterocycles. The molecule has 3 rings (SSSR count). The van der Waals surface area contributed by atoms with Gasteiger partial charge in [0.05, 0.1) is 0 Å². The van der Waals surface area contributed by atoms with E-state index in [4.69, 9.17) is 10.2 Å². The fraction of sp³-hybridized carbons (Fsp3) is 0.273. The molecule has 1 aliphatic heterocycles. The molecule has 0 aliphatic carbocycles. The highest BCUT2D eigenvalue weighted by Crippen LogP contribution is 2.32. The van der Waals surface area contributed by atoms with Crippen LogP contribution in [0.3, 0.4) is 0 Å². The number of carboxylic acids is 2. The maximum atomic E-state index is 9.55. The predicted octanol–water partition coefficient (Wildman–Crippen LogP) is 3.75. The number of fused-ring (bicyclic) bond motifs is 1. The molecule has 0 bridgehead atoms. The second-order valence-electron chi connectivity index (χ2n) is 6.79. The van der Waals surface area contributed by atoms with Gasteiger partial charge < -0.3 is 10.2 Å². The van der Waals surface area contributed by atoms with Crippen LogP contribution in [0, 0.1) is 6.92 Å². The van der Waals surface area contributed by atoms with Crippen LogP contribution < -0.4 is 0 Å². The fourth-order valence-electron chi connectivity index (χ4n) is 3.16. The van der Waals surface area contributed by atoms with E-state index in [2.05, 4.69) is 68.3 Å². The number of benzene rings is 2. The van der Waals surface area contributed by atoms with E-state index in [1.165, 1.54) is 27.8 Å². The Labute approximate surface area is 159 Å². The number of carboxylic acid groups (broad SMARTS) is 2. The molecule has 142 valence electrons. The van der Waals surface area contributed by atoms with Crippen molar-refractivity contribution in [1.82, 2.24) is 4.90 Å². The van der Waals surface area contributed by atoms with Crippen molar-refractivity contribution in [2.24, 2.45) is 0 Å². The Morgan fingerprint density at radius 1 is 1.07 bits per heavy atom. The monoisotopic (exact) mass is 367 g/mol. The minimum atomic E-state index is -1.26. The first-order valence-electron chi connectivity index (χ1n) is 8.80. The summed E-state index contributed by atoms with van der Waals surface area (Å²) in [5.74, 6) is -2.51. The highest BCUT2D eigenvalue weighted by atomic mass is 16.4. The Morgan fingerprint density at radius 3 is 2.22 bits per heavy atom. The van der Waals surface area contributed by atoms with Crippen molar-refractivity contribution in [3.63, 3.8) is 0 Å². The third-order valence-electron chi connectivity index (χ3n) is 4.62. The van der Waals surface area contributed by atoms with E-state index in [-0.39, 0.29) is 0 Å². The largest absolute Gasteiger partial charge is 0.478 e. The van der Waals surface area contributed by atoms with E-state index in [9.17, 15) is 9.59 Å². The molecule has 0 saturated carbocycles. The van der Waals surface area contributed by atoms with Crippen LogP contribution in [0.15, 0.2) is 54.6 Å². The standard InChI is InChI=1S/C18H21N.C4H4O4/c1-13-9-16-11-14(2)19(3)12-18(16)17(10-13)15-7-5-4-6-8-15;5-3(6)1-2-4(7)8/h4-10,14H,11-12H2,1-3H3;1-2H,(H,5,6)(H,7,8)/b;2-1-. The number of carbonyl (C=O) groups is 2. The van der Waals surface area contributed by atoms with E-state index >= 15 is 0 Å². The molecule has 1 atom stereocenters. The highest BCUT2D eigenvalue weighted by molar-refractivity contribution is 5.89. The molecule has 5 heteroatoms. The fourth-order valence-corrected chi connectivity index (χ4v) is 3.16. The van der Waals surface area contributed by atoms with Crippen LogP contribution in [-0.2, 0) is 22.6 Å². The van der Waals surface area contributed by atoms with Crippen LogP contribution in [0.1, 0.15) is 23.6 Å². The van der Waals surface area contributed by atoms with Gasteiger partial charge in [0.15, 0.2) is 0 Å². The summed E-state index contributed by atoms with van der Waals surface area (Å²) in [7, 11) is 2.22. The summed E-state index contributed by atoms with van der Waals surface area (Å²) in [6, 6.07) is 16.1. The maximum Gasteiger partial charge on any atom is 0.328 e. The average Bonchev–Trinajstić information content (AvgIpc) is 2.62. The van der Waals surface area contributed by atoms with Crippen LogP contribution in [0.5, 0.6) is 0 Å². The summed E-state index contributed by atoms with van der Waals surface area (Å²) in [4.78, 5) is 21.6. The lowest BCUT2D eigenvalue weighted by Crippen LogP contribution is -2.35. The Hall–Kier alpha value is -2.92. The molecule has 0 fully saturated rings. The molecule has 2 aromatic carbocycles. The summed E-state index contributed by atoms with van der Waals surface area (Å²) in [6.07, 6.45) is 2.28. The molecule has 0 radical (unpaired) electrons. The third kappa shape index (κ3) is 5.79. The molecule has 27 heavy (non-hydrogen) atoms. The molecule has 5 nitrogen and oxygen atoms in total. The van der Waals surface area contributed by atoms with Crippen molar-refractivity contribution in [3.05, 3.63) is 71.3 Å². The lowest BCUT2D eigenvalue weighted by molar-refractivity contribution is -0.134. The van der Waals surface area contributed by atoms with Crippen LogP contribution in [0.25, 0.3) is 11.1 Å². The summed E-state index contributed by atoms with van der Waals surface area (Å²) in [6.45, 7) is 5.57. The molecule has 0 spiro atoms. The first-order valence-corrected chi connectivity index (χ1v) is 8.80. The molecular weight excluding hydrogens is 342 g/mol. The molecule has 2 aromatic rings. The number of nitrogens with zero attached hydrogens (tertiary/aromatic N) is 1. The topological polar surface area (TPSA) is 77.8 Å². The van der Waals surface area contributed by atoms with E-state index < -0.39 is 11.9 Å². The minimum absolute atomic E-state index is 0.558. The van der Waals surface area contributed by atoms with Gasteiger partial charge in [-0.15, -0.1) is 0 Å². The zero-order valence-electron chi connectivity index (χ0n) is 15.8. The van der Waals surface area contributed by atoms with Gasteiger partial charge in [0.2, 0.25) is 0 Å². The van der Waals surface area contributed by atoms with Crippen molar-refractivity contribution >= 4 is 11.9 Å². The van der Waals surface area contributed by atoms with Crippen molar-refractivity contribution in [2.45, 2.75) is 32.9 Å². The maximum absolute atomic E-state index is 9.55. The van der Waals surface area contributed by atoms with Gasteiger partial charge >= 0.3 is 11.9 Å². The number of aryl methyl sites for hydroxylation is 1. The summed E-state index contributed by atoms with van der Waals surface area (Å²) >= 11 is 0. The van der Waals surface area contributed by atoms with E-state index in [0.717, 1.165) is 13.0 Å². The molecule has 1 unspecified atom stereocenters. The van der Waals surface area contributed by atoms with Gasteiger partial charge in [0, 0.05) is 24.7 Å². The van der Waals surface area contributed by atoms with Crippen LogP contribution in [-0.4, -0.2) is 40.1 Å². The predicted molar refractivity (Wildman–Crippen MR) is 106 cm³/mol. The van der Waals surface area contributed by atoms with E-state index in [0.29, 0.717) is 18.2 Å². The molecular formula is C22H25NO4. The van der Waals surface area contributed by atoms with Gasteiger partial charge in [0.1, 0.15) is 0 Å². The number of rotatable bonds is 3. The third-order valence-corrected chi connectivity index (χ3v) is 4.62. The quantitative estimate of drug-likeness (QED) is 0.808. The van der Waals surface area contributed by atoms with Crippen molar-refractivity contribution in [3.8, 4) is 11.1 Å². The number of hydrogen-bond acceptors (Lipinski definition) is 3. The average molecular weight is 367 g/mol. The zero-order chi connectivity index (χ0) is 20.0. The number of likely N-dealkylation sites (N-methyl/N-ethyl adjacent to an activating group) is 1. The Balaban J connectivity index is 0.000000279. The van der Waals surface area contributed by atoms with Crippen LogP contribution in [0.2, 0.25) is 0 Å². The van der Waals surface area contributed by atoms with Crippen molar-refractivity contribution in [1.29, 1.82) is 0 Å². The Morgan fingerprint density at radius 2 is 1.67 bits per heavy atom. The van der Waals surface area contributed by atoms with E-state index in [1.54, 1.807) is 0 Å². The van der Waals surface area contributed by atoms with Crippen LogP contribution >= 0.6 is 0 Å². The van der Waals surface area contributed by atoms with Gasteiger partial charge in [-0.25, -0.2) is 9.59 Å². The second kappa shape index (κ2) is 9.14. The summed E-state index contributed by atoms with van der Waals surface area (Å²) in [5, 5.41) is 15.6. The van der Waals surface area contributed by atoms with E-state index in [1.807, 2.05) is 0 Å². The normalized spacial score (nSPS) is 16.3. The molecule has 0 aromatic heterocycles. The number of aliphatic carboxylic acids is 2. The van der Waals surface area contributed by atoms with Crippen molar-refractivity contribution in [2.75, 3.05) is 7.05 Å². The van der Waals surface area contributed by atoms with Gasteiger partial charge in [-0.1, -0.05) is 48.0 Å². The number of hydrogen-bond donors (Lipinski definition) is 2. The highest BCUT2D eigenvalue weighted by Gasteiger charge is 2.22. The first kappa shape index (κ1) is 20.4. The van der Waals surface area contributed by atoms with Gasteiger partial charge in [-0.2, -0.15) is 0 Å². The summed E-state index contributed by atoms with van der Waals surface area (Å²) < 4.78 is 0. The second-order valence-corrected chi connectivity index (χ2v) is 6.79. The SMILES string of the molecule is Cc1cc2c(c(-c3ccccc3)c1)CN(C)C(C)C2.O=C(O)/C=C\C(=O)O. The zero-order valence-corrected chi connectivity index (χ0v) is 15.8. The first-order chi connectivity index (χ1) is 12.8. The Kier molecular flexibility index (Phi) is 6.91. The molecule has 0 amide bonds. The van der Waals surface area contributed by atoms with Crippen LogP contribution in [0.4, 0.5) is 0 Å². The molecule has 2 N–H and O–H groups in total. The smallest absolute Gasteiger partial charge is 0.328 e. The summed E-state index contributed by atoms with van der Waals surface area (Å²) in [5.41, 5.74) is 7.16. The molecule has 1 aliphatic rings. The van der Waals surface area contributed by atoms with Gasteiger partial charge in [0.25, 0.3) is 0 Å². The lowest BCUT2D eigenvalue weighted by Gasteiger charge is -2.33. The van der Waals surface area contributed by atoms with Crippen molar-refractivity contribution < 1.29 is 19.8 Å². The molecule has 1 heterocycles. The minimum Gasteiger partial charge on any atom is -0.478 e. The lowest BCUT2D eigenvalue weighted by atomic mass is 9.87. The Bertz CT molecular complexity index is 827. The van der Waals surface area contributed by atoms with Gasteiger partial charge in [-0.3, -0.25) is 4.90 Å².